The van der Waals surface area contributed by atoms with Crippen molar-refractivity contribution < 1.29 is 0 Å². The predicted octanol–water partition coefficient (Wildman–Crippen LogP) is 2.90. The molecule has 1 aromatic heterocycles. The molecule has 0 bridgehead atoms. The summed E-state index contributed by atoms with van der Waals surface area (Å²) in [5, 5.41) is 2.09. The molecule has 0 aromatic carbocycles. The molecule has 0 saturated heterocycles. The molecule has 1 heterocycles. The van der Waals surface area contributed by atoms with Gasteiger partial charge in [0.15, 0.2) is 0 Å². The van der Waals surface area contributed by atoms with Crippen LogP contribution in [0.2, 0.25) is 0 Å². The predicted molar refractivity (Wildman–Crippen MR) is 42.9 cm³/mol. The van der Waals surface area contributed by atoms with Gasteiger partial charge >= 0.3 is 0 Å². The first kappa shape index (κ1) is 8.63. The van der Waals surface area contributed by atoms with Gasteiger partial charge in [0, 0.05) is 5.38 Å². The van der Waals surface area contributed by atoms with Crippen LogP contribution in [0.25, 0.3) is 0 Å². The zero-order valence-corrected chi connectivity index (χ0v) is 5.90. The van der Waals surface area contributed by atoms with E-state index >= 15 is 0 Å². The number of nitrogens with zero attached hydrogens (tertiary/aromatic N) is 1. The molecule has 0 saturated carbocycles. The van der Waals surface area contributed by atoms with Crippen LogP contribution in [0.5, 0.6) is 0 Å². The topological polar surface area (TPSA) is 12.9 Å². The molecule has 0 amide bonds. The lowest BCUT2D eigenvalue weighted by molar-refractivity contribution is 0.833. The first-order valence-corrected chi connectivity index (χ1v) is 3.63. The van der Waals surface area contributed by atoms with Crippen LogP contribution in [0, 0.1) is 0 Å². The van der Waals surface area contributed by atoms with Crippen molar-refractivity contribution in [2.45, 2.75) is 27.2 Å². The first-order valence-electron chi connectivity index (χ1n) is 2.69. The Labute approximate surface area is 60.8 Å². The molecular weight excluding hydrogens is 130 g/mol. The van der Waals surface area contributed by atoms with Gasteiger partial charge in [0.25, 0.3) is 0 Å². The van der Waals surface area contributed by atoms with Crippen molar-refractivity contribution in [2.75, 3.05) is 0 Å². The maximum Gasteiger partial charge on any atom is 0.0794 e. The quantitative estimate of drug-likeness (QED) is 0.589. The summed E-state index contributed by atoms with van der Waals surface area (Å²) in [5.74, 6) is 0.584. The summed E-state index contributed by atoms with van der Waals surface area (Å²) in [6.45, 7) is 4.30. The van der Waals surface area contributed by atoms with Gasteiger partial charge in [0.2, 0.25) is 0 Å². The number of thiazole rings is 1. The standard InChI is InChI=1S/C6H9NS.CH4/c1-5(2)6-3-8-4-7-6;/h3-5H,1-2H3;1H4. The Hall–Kier alpha value is -0.370. The van der Waals surface area contributed by atoms with Gasteiger partial charge < -0.3 is 0 Å². The number of aromatic nitrogens is 1. The minimum atomic E-state index is 0. The van der Waals surface area contributed by atoms with Crippen molar-refractivity contribution in [1.82, 2.24) is 4.98 Å². The first-order chi connectivity index (χ1) is 3.80. The Kier molecular flexibility index (Phi) is 3.47. The number of rotatable bonds is 1. The zero-order chi connectivity index (χ0) is 5.98. The highest BCUT2D eigenvalue weighted by molar-refractivity contribution is 7.07. The Morgan fingerprint density at radius 3 is 2.44 bits per heavy atom. The average molecular weight is 143 g/mol. The van der Waals surface area contributed by atoms with Crippen LogP contribution in [0.3, 0.4) is 0 Å². The Morgan fingerprint density at radius 2 is 2.22 bits per heavy atom. The van der Waals surface area contributed by atoms with E-state index in [0.717, 1.165) is 0 Å². The second kappa shape index (κ2) is 3.62. The monoisotopic (exact) mass is 143 g/mol. The maximum absolute atomic E-state index is 4.13. The molecule has 9 heavy (non-hydrogen) atoms. The van der Waals surface area contributed by atoms with E-state index in [-0.39, 0.29) is 7.43 Å². The van der Waals surface area contributed by atoms with E-state index in [1.165, 1.54) is 5.69 Å². The summed E-state index contributed by atoms with van der Waals surface area (Å²) in [6, 6.07) is 0. The smallest absolute Gasteiger partial charge is 0.0794 e. The zero-order valence-electron chi connectivity index (χ0n) is 5.09. The number of hydrogen-bond acceptors (Lipinski definition) is 2. The summed E-state index contributed by atoms with van der Waals surface area (Å²) < 4.78 is 0. The van der Waals surface area contributed by atoms with E-state index in [2.05, 4.69) is 24.2 Å². The Balaban J connectivity index is 0.000000640. The minimum Gasteiger partial charge on any atom is -0.249 e. The fourth-order valence-electron chi connectivity index (χ4n) is 0.507. The Bertz CT molecular complexity index is 144. The molecule has 0 radical (unpaired) electrons. The third-order valence-corrected chi connectivity index (χ3v) is 1.65. The van der Waals surface area contributed by atoms with Crippen molar-refractivity contribution in [3.63, 3.8) is 0 Å². The molecular formula is C7H13NS. The molecule has 0 spiro atoms. The van der Waals surface area contributed by atoms with E-state index in [9.17, 15) is 0 Å². The van der Waals surface area contributed by atoms with Crippen molar-refractivity contribution in [3.8, 4) is 0 Å². The highest BCUT2D eigenvalue weighted by Gasteiger charge is 1.97. The van der Waals surface area contributed by atoms with E-state index in [1.54, 1.807) is 11.3 Å². The fraction of sp³-hybridized carbons (Fsp3) is 0.571. The fourth-order valence-corrected chi connectivity index (χ4v) is 1.22. The minimum absolute atomic E-state index is 0. The molecule has 0 unspecified atom stereocenters. The van der Waals surface area contributed by atoms with Crippen LogP contribution < -0.4 is 0 Å². The van der Waals surface area contributed by atoms with Gasteiger partial charge in [-0.15, -0.1) is 11.3 Å². The summed E-state index contributed by atoms with van der Waals surface area (Å²) in [4.78, 5) is 4.13. The van der Waals surface area contributed by atoms with Gasteiger partial charge in [0.05, 0.1) is 11.2 Å². The molecule has 52 valence electrons. The maximum atomic E-state index is 4.13. The van der Waals surface area contributed by atoms with Crippen LogP contribution in [-0.2, 0) is 0 Å². The lowest BCUT2D eigenvalue weighted by atomic mass is 10.2. The molecule has 0 atom stereocenters. The van der Waals surface area contributed by atoms with Crippen LogP contribution in [-0.4, -0.2) is 4.98 Å². The van der Waals surface area contributed by atoms with Gasteiger partial charge in [-0.05, 0) is 5.92 Å². The molecule has 0 fully saturated rings. The van der Waals surface area contributed by atoms with Gasteiger partial charge in [-0.25, -0.2) is 4.98 Å². The number of hydrogen-bond donors (Lipinski definition) is 0. The van der Waals surface area contributed by atoms with Crippen LogP contribution >= 0.6 is 11.3 Å². The highest BCUT2D eigenvalue weighted by atomic mass is 32.1. The van der Waals surface area contributed by atoms with E-state index < -0.39 is 0 Å². The molecule has 0 aliphatic heterocycles. The lowest BCUT2D eigenvalue weighted by Crippen LogP contribution is -1.83. The average Bonchev–Trinajstić information content (AvgIpc) is 2.12. The van der Waals surface area contributed by atoms with Crippen molar-refractivity contribution >= 4 is 11.3 Å². The molecule has 0 aliphatic rings. The van der Waals surface area contributed by atoms with E-state index in [0.29, 0.717) is 5.92 Å². The highest BCUT2D eigenvalue weighted by Crippen LogP contribution is 2.12. The SMILES string of the molecule is C.CC(C)c1cscn1. The molecule has 1 aromatic rings. The van der Waals surface area contributed by atoms with Crippen LogP contribution in [0.4, 0.5) is 0 Å². The Morgan fingerprint density at radius 1 is 1.56 bits per heavy atom. The molecule has 0 aliphatic carbocycles. The molecule has 1 nitrogen and oxygen atoms in total. The lowest BCUT2D eigenvalue weighted by Gasteiger charge is -1.94. The normalized spacial score (nSPS) is 9.22. The van der Waals surface area contributed by atoms with Crippen molar-refractivity contribution in [1.29, 1.82) is 0 Å². The van der Waals surface area contributed by atoms with Crippen molar-refractivity contribution in [3.05, 3.63) is 16.6 Å². The third-order valence-electron chi connectivity index (χ3n) is 1.04. The van der Waals surface area contributed by atoms with Gasteiger partial charge in [0.1, 0.15) is 0 Å². The largest absolute Gasteiger partial charge is 0.249 e. The van der Waals surface area contributed by atoms with E-state index in [1.807, 2.05) is 5.51 Å². The van der Waals surface area contributed by atoms with Crippen LogP contribution in [0.15, 0.2) is 10.9 Å². The summed E-state index contributed by atoms with van der Waals surface area (Å²) in [7, 11) is 0. The van der Waals surface area contributed by atoms with Crippen LogP contribution in [0.1, 0.15) is 32.9 Å². The third kappa shape index (κ3) is 2.14. The van der Waals surface area contributed by atoms with Gasteiger partial charge in [-0.3, -0.25) is 0 Å². The van der Waals surface area contributed by atoms with Gasteiger partial charge in [-0.1, -0.05) is 21.3 Å². The summed E-state index contributed by atoms with van der Waals surface area (Å²) in [5.41, 5.74) is 3.07. The second-order valence-corrected chi connectivity index (χ2v) is 2.79. The molecule has 2 heteroatoms. The molecule has 1 rings (SSSR count). The van der Waals surface area contributed by atoms with Gasteiger partial charge in [-0.2, -0.15) is 0 Å². The molecule has 0 N–H and O–H groups in total. The summed E-state index contributed by atoms with van der Waals surface area (Å²) >= 11 is 1.66. The summed E-state index contributed by atoms with van der Waals surface area (Å²) in [6.07, 6.45) is 0. The second-order valence-electron chi connectivity index (χ2n) is 2.07. The van der Waals surface area contributed by atoms with E-state index in [4.69, 9.17) is 0 Å². The van der Waals surface area contributed by atoms with Crippen molar-refractivity contribution in [2.24, 2.45) is 0 Å².